The monoisotopic (exact) mass is 241 g/mol. The Balaban J connectivity index is 2.69. The maximum atomic E-state index is 11.7. The average molecular weight is 241 g/mol. The van der Waals surface area contributed by atoms with Gasteiger partial charge in [0.05, 0.1) is 13.0 Å². The molecule has 17 heavy (non-hydrogen) atoms. The molecule has 0 aromatic rings. The Morgan fingerprint density at radius 3 is 2.35 bits per heavy atom. The first-order valence-corrected chi connectivity index (χ1v) is 6.92. The van der Waals surface area contributed by atoms with E-state index in [1.807, 2.05) is 6.92 Å². The van der Waals surface area contributed by atoms with Gasteiger partial charge in [0.25, 0.3) is 0 Å². The summed E-state index contributed by atoms with van der Waals surface area (Å²) in [5, 5.41) is 3.55. The lowest BCUT2D eigenvalue weighted by molar-refractivity contribution is -0.145. The molecule has 0 spiro atoms. The highest BCUT2D eigenvalue weighted by molar-refractivity contribution is 5.71. The van der Waals surface area contributed by atoms with E-state index in [9.17, 15) is 4.79 Å². The van der Waals surface area contributed by atoms with Crippen molar-refractivity contribution in [2.24, 2.45) is 11.8 Å². The van der Waals surface area contributed by atoms with Gasteiger partial charge in [-0.1, -0.05) is 20.8 Å². The third-order valence-electron chi connectivity index (χ3n) is 3.62. The lowest BCUT2D eigenvalue weighted by Gasteiger charge is -2.43. The topological polar surface area (TPSA) is 38.3 Å². The minimum Gasteiger partial charge on any atom is -0.466 e. The molecule has 0 radical (unpaired) electrons. The van der Waals surface area contributed by atoms with Gasteiger partial charge in [0, 0.05) is 5.54 Å². The first-order valence-electron chi connectivity index (χ1n) is 6.92. The van der Waals surface area contributed by atoms with Gasteiger partial charge < -0.3 is 10.1 Å². The molecule has 1 N–H and O–H groups in total. The summed E-state index contributed by atoms with van der Waals surface area (Å²) < 4.78 is 5.11. The Bertz CT molecular complexity index is 243. The van der Waals surface area contributed by atoms with Gasteiger partial charge in [-0.05, 0) is 44.6 Å². The van der Waals surface area contributed by atoms with E-state index in [0.29, 0.717) is 24.9 Å². The number of esters is 1. The van der Waals surface area contributed by atoms with E-state index in [-0.39, 0.29) is 11.5 Å². The largest absolute Gasteiger partial charge is 0.466 e. The number of hydrogen-bond donors (Lipinski definition) is 1. The van der Waals surface area contributed by atoms with Crippen molar-refractivity contribution in [3.05, 3.63) is 0 Å². The molecule has 100 valence electrons. The van der Waals surface area contributed by atoms with Gasteiger partial charge >= 0.3 is 5.97 Å². The van der Waals surface area contributed by atoms with Crippen LogP contribution in [0.1, 0.15) is 53.4 Å². The Morgan fingerprint density at radius 2 is 1.88 bits per heavy atom. The molecule has 1 fully saturated rings. The van der Waals surface area contributed by atoms with Crippen LogP contribution < -0.4 is 5.32 Å². The first-order chi connectivity index (χ1) is 8.01. The fourth-order valence-electron chi connectivity index (χ4n) is 3.49. The summed E-state index contributed by atoms with van der Waals surface area (Å²) in [5.74, 6) is 1.31. The van der Waals surface area contributed by atoms with Crippen molar-refractivity contribution >= 4 is 5.97 Å². The van der Waals surface area contributed by atoms with E-state index in [2.05, 4.69) is 26.1 Å². The van der Waals surface area contributed by atoms with E-state index in [1.165, 1.54) is 6.42 Å². The molecule has 0 amide bonds. The molecule has 3 nitrogen and oxygen atoms in total. The molecule has 0 aromatic carbocycles. The van der Waals surface area contributed by atoms with Gasteiger partial charge in [0.2, 0.25) is 0 Å². The summed E-state index contributed by atoms with van der Waals surface area (Å²) in [6, 6.07) is 0. The fourth-order valence-corrected chi connectivity index (χ4v) is 3.49. The molecule has 2 atom stereocenters. The van der Waals surface area contributed by atoms with Crippen molar-refractivity contribution in [2.45, 2.75) is 58.9 Å². The third-order valence-corrected chi connectivity index (χ3v) is 3.62. The summed E-state index contributed by atoms with van der Waals surface area (Å²) in [5.41, 5.74) is -0.0297. The van der Waals surface area contributed by atoms with Crippen LogP contribution in [0.15, 0.2) is 0 Å². The fraction of sp³-hybridized carbons (Fsp3) is 0.929. The van der Waals surface area contributed by atoms with E-state index < -0.39 is 0 Å². The van der Waals surface area contributed by atoms with Crippen LogP contribution in [0.5, 0.6) is 0 Å². The lowest BCUT2D eigenvalue weighted by Crippen LogP contribution is -2.51. The van der Waals surface area contributed by atoms with Crippen LogP contribution in [0.3, 0.4) is 0 Å². The molecule has 1 aliphatic carbocycles. The molecular formula is C14H27NO2. The van der Waals surface area contributed by atoms with Crippen molar-refractivity contribution in [2.75, 3.05) is 13.2 Å². The van der Waals surface area contributed by atoms with E-state index in [0.717, 1.165) is 19.4 Å². The van der Waals surface area contributed by atoms with Crippen LogP contribution in [-0.2, 0) is 9.53 Å². The highest BCUT2D eigenvalue weighted by Gasteiger charge is 2.39. The SMILES string of the molecule is CCNC1(CC(=O)OCC)CC(C)CC(C)C1. The molecule has 3 heteroatoms. The standard InChI is InChI=1S/C14H27NO2/c1-5-15-14(10-13(16)17-6-2)8-11(3)7-12(4)9-14/h11-12,15H,5-10H2,1-4H3. The van der Waals surface area contributed by atoms with Crippen LogP contribution in [0.2, 0.25) is 0 Å². The zero-order valence-electron chi connectivity index (χ0n) is 11.7. The zero-order valence-corrected chi connectivity index (χ0v) is 11.7. The number of ether oxygens (including phenoxy) is 1. The minimum absolute atomic E-state index is 0.0297. The number of carbonyl (C=O) groups is 1. The predicted molar refractivity (Wildman–Crippen MR) is 69.8 cm³/mol. The minimum atomic E-state index is -0.0604. The summed E-state index contributed by atoms with van der Waals surface area (Å²) in [4.78, 5) is 11.7. The van der Waals surface area contributed by atoms with Gasteiger partial charge in [-0.2, -0.15) is 0 Å². The molecule has 1 rings (SSSR count). The van der Waals surface area contributed by atoms with E-state index in [4.69, 9.17) is 4.74 Å². The highest BCUT2D eigenvalue weighted by atomic mass is 16.5. The second kappa shape index (κ2) is 6.39. The van der Waals surface area contributed by atoms with Crippen molar-refractivity contribution in [1.29, 1.82) is 0 Å². The maximum absolute atomic E-state index is 11.7. The van der Waals surface area contributed by atoms with Crippen molar-refractivity contribution in [3.8, 4) is 0 Å². The van der Waals surface area contributed by atoms with Gasteiger partial charge in [-0.25, -0.2) is 0 Å². The van der Waals surface area contributed by atoms with Crippen molar-refractivity contribution < 1.29 is 9.53 Å². The van der Waals surface area contributed by atoms with Crippen molar-refractivity contribution in [3.63, 3.8) is 0 Å². The van der Waals surface area contributed by atoms with Crippen molar-refractivity contribution in [1.82, 2.24) is 5.32 Å². The molecule has 0 bridgehead atoms. The number of carbonyl (C=O) groups excluding carboxylic acids is 1. The second-order valence-electron chi connectivity index (χ2n) is 5.65. The summed E-state index contributed by atoms with van der Waals surface area (Å²) >= 11 is 0. The Hall–Kier alpha value is -0.570. The predicted octanol–water partition coefficient (Wildman–Crippen LogP) is 2.74. The lowest BCUT2D eigenvalue weighted by atomic mass is 9.70. The average Bonchev–Trinajstić information content (AvgIpc) is 2.15. The number of hydrogen-bond acceptors (Lipinski definition) is 3. The molecule has 1 saturated carbocycles. The smallest absolute Gasteiger partial charge is 0.307 e. The van der Waals surface area contributed by atoms with Crippen LogP contribution in [0.25, 0.3) is 0 Å². The van der Waals surface area contributed by atoms with Gasteiger partial charge in [-0.15, -0.1) is 0 Å². The molecule has 0 saturated heterocycles. The molecule has 0 heterocycles. The summed E-state index contributed by atoms with van der Waals surface area (Å²) in [6.07, 6.45) is 3.97. The second-order valence-corrected chi connectivity index (χ2v) is 5.65. The Kier molecular flexibility index (Phi) is 5.44. The van der Waals surface area contributed by atoms with Gasteiger partial charge in [-0.3, -0.25) is 4.79 Å². The maximum Gasteiger partial charge on any atom is 0.307 e. The molecular weight excluding hydrogens is 214 g/mol. The molecule has 2 unspecified atom stereocenters. The van der Waals surface area contributed by atoms with Crippen LogP contribution in [0.4, 0.5) is 0 Å². The Morgan fingerprint density at radius 1 is 1.29 bits per heavy atom. The first kappa shape index (κ1) is 14.5. The zero-order chi connectivity index (χ0) is 12.9. The summed E-state index contributed by atoms with van der Waals surface area (Å²) in [6.45, 7) is 9.94. The third kappa shape index (κ3) is 4.30. The van der Waals surface area contributed by atoms with Crippen LogP contribution >= 0.6 is 0 Å². The van der Waals surface area contributed by atoms with E-state index >= 15 is 0 Å². The normalized spacial score (nSPS) is 33.4. The molecule has 0 aromatic heterocycles. The summed E-state index contributed by atoms with van der Waals surface area (Å²) in [7, 11) is 0. The van der Waals surface area contributed by atoms with Crippen LogP contribution in [-0.4, -0.2) is 24.7 Å². The number of nitrogens with one attached hydrogen (secondary N) is 1. The molecule has 1 aliphatic rings. The van der Waals surface area contributed by atoms with Gasteiger partial charge in [0.1, 0.15) is 0 Å². The highest BCUT2D eigenvalue weighted by Crippen LogP contribution is 2.38. The quantitative estimate of drug-likeness (QED) is 0.752. The van der Waals surface area contributed by atoms with Gasteiger partial charge in [0.15, 0.2) is 0 Å². The van der Waals surface area contributed by atoms with Crippen LogP contribution in [0, 0.1) is 11.8 Å². The Labute approximate surface area is 105 Å². The number of rotatable bonds is 5. The van der Waals surface area contributed by atoms with E-state index in [1.54, 1.807) is 0 Å². The molecule has 0 aliphatic heterocycles.